The summed E-state index contributed by atoms with van der Waals surface area (Å²) >= 11 is 0. The van der Waals surface area contributed by atoms with Crippen LogP contribution in [0.15, 0.2) is 28.7 Å². The zero-order valence-electron chi connectivity index (χ0n) is 13.8. The number of rotatable bonds is 5. The summed E-state index contributed by atoms with van der Waals surface area (Å²) in [5.41, 5.74) is -0.109. The molecule has 1 aromatic heterocycles. The van der Waals surface area contributed by atoms with E-state index >= 15 is 0 Å². The highest BCUT2D eigenvalue weighted by Gasteiger charge is 2.38. The zero-order chi connectivity index (χ0) is 17.7. The molecule has 1 heterocycles. The van der Waals surface area contributed by atoms with Crippen LogP contribution in [-0.4, -0.2) is 22.0 Å². The average Bonchev–Trinajstić information content (AvgIpc) is 3.50. The lowest BCUT2D eigenvalue weighted by molar-refractivity contribution is 0.0715. The zero-order valence-corrected chi connectivity index (χ0v) is 13.8. The number of nitrogens with zero attached hydrogens (tertiary/aromatic N) is 1. The van der Waals surface area contributed by atoms with Gasteiger partial charge in [0.05, 0.1) is 6.54 Å². The van der Waals surface area contributed by atoms with E-state index in [-0.39, 0.29) is 18.2 Å². The Labute approximate surface area is 144 Å². The van der Waals surface area contributed by atoms with Gasteiger partial charge in [0.2, 0.25) is 0 Å². The van der Waals surface area contributed by atoms with Gasteiger partial charge in [-0.2, -0.15) is 0 Å². The number of carbonyl (C=O) groups excluding carboxylic acids is 1. The Morgan fingerprint density at radius 1 is 1.28 bits per heavy atom. The van der Waals surface area contributed by atoms with Gasteiger partial charge in [-0.25, -0.2) is 8.78 Å². The van der Waals surface area contributed by atoms with Crippen molar-refractivity contribution in [3.05, 3.63) is 53.0 Å². The van der Waals surface area contributed by atoms with Crippen LogP contribution in [0.3, 0.4) is 0 Å². The van der Waals surface area contributed by atoms with E-state index in [0.717, 1.165) is 37.2 Å². The van der Waals surface area contributed by atoms with Crippen molar-refractivity contribution in [3.8, 4) is 5.75 Å². The molecule has 1 amide bonds. The lowest BCUT2D eigenvalue weighted by atomic mass is 10.1. The third kappa shape index (κ3) is 3.13. The number of aromatic hydroxyl groups is 1. The van der Waals surface area contributed by atoms with Crippen molar-refractivity contribution in [3.63, 3.8) is 0 Å². The average molecular weight is 347 g/mol. The first kappa shape index (κ1) is 16.1. The van der Waals surface area contributed by atoms with Crippen molar-refractivity contribution >= 4 is 5.91 Å². The van der Waals surface area contributed by atoms with Crippen molar-refractivity contribution in [2.75, 3.05) is 0 Å². The lowest BCUT2D eigenvalue weighted by Gasteiger charge is -2.21. The molecule has 132 valence electrons. The SMILES string of the molecule is C[C@H]1C[C@H]1c1ccc(CN(C(=O)c2cc(F)c(O)c(F)c2)C2CC2)o1. The summed E-state index contributed by atoms with van der Waals surface area (Å²) in [6.45, 7) is 2.44. The highest BCUT2D eigenvalue weighted by Crippen LogP contribution is 2.47. The van der Waals surface area contributed by atoms with Gasteiger partial charge in [-0.1, -0.05) is 6.92 Å². The second-order valence-electron chi connectivity index (χ2n) is 7.08. The van der Waals surface area contributed by atoms with Crippen LogP contribution in [0.25, 0.3) is 0 Å². The number of halogens is 2. The second kappa shape index (κ2) is 5.86. The fourth-order valence-electron chi connectivity index (χ4n) is 3.17. The van der Waals surface area contributed by atoms with E-state index < -0.39 is 23.3 Å². The molecule has 1 N–H and O–H groups in total. The van der Waals surface area contributed by atoms with Gasteiger partial charge >= 0.3 is 0 Å². The first-order valence-corrected chi connectivity index (χ1v) is 8.51. The third-order valence-electron chi connectivity index (χ3n) is 5.00. The van der Waals surface area contributed by atoms with Crippen LogP contribution in [-0.2, 0) is 6.54 Å². The number of carbonyl (C=O) groups is 1. The van der Waals surface area contributed by atoms with E-state index in [0.29, 0.717) is 17.6 Å². The Morgan fingerprint density at radius 3 is 2.48 bits per heavy atom. The molecule has 0 unspecified atom stereocenters. The summed E-state index contributed by atoms with van der Waals surface area (Å²) in [4.78, 5) is 14.3. The van der Waals surface area contributed by atoms with Crippen molar-refractivity contribution in [2.45, 2.75) is 44.7 Å². The Hall–Kier alpha value is -2.37. The molecule has 0 bridgehead atoms. The predicted molar refractivity (Wildman–Crippen MR) is 86.1 cm³/mol. The maximum absolute atomic E-state index is 13.6. The quantitative estimate of drug-likeness (QED) is 0.882. The molecular weight excluding hydrogens is 328 g/mol. The maximum Gasteiger partial charge on any atom is 0.254 e. The smallest absolute Gasteiger partial charge is 0.254 e. The van der Waals surface area contributed by atoms with Crippen LogP contribution in [0.1, 0.15) is 54.0 Å². The molecule has 2 saturated carbocycles. The van der Waals surface area contributed by atoms with E-state index in [4.69, 9.17) is 4.42 Å². The largest absolute Gasteiger partial charge is 0.503 e. The van der Waals surface area contributed by atoms with Gasteiger partial charge in [-0.15, -0.1) is 0 Å². The first-order valence-electron chi connectivity index (χ1n) is 8.51. The minimum atomic E-state index is -1.14. The molecule has 0 radical (unpaired) electrons. The molecule has 0 spiro atoms. The van der Waals surface area contributed by atoms with E-state index in [2.05, 4.69) is 6.92 Å². The molecule has 2 aliphatic carbocycles. The molecule has 25 heavy (non-hydrogen) atoms. The minimum Gasteiger partial charge on any atom is -0.503 e. The van der Waals surface area contributed by atoms with Crippen LogP contribution < -0.4 is 0 Å². The van der Waals surface area contributed by atoms with Gasteiger partial charge in [0.1, 0.15) is 11.5 Å². The summed E-state index contributed by atoms with van der Waals surface area (Å²) in [5.74, 6) is -1.10. The molecule has 2 aliphatic rings. The predicted octanol–water partition coefficient (Wildman–Crippen LogP) is 4.19. The lowest BCUT2D eigenvalue weighted by Crippen LogP contribution is -2.32. The standard InChI is InChI=1S/C19H19F2NO3/c1-10-6-14(10)17-5-4-13(25-17)9-22(12-2-3-12)19(24)11-7-15(20)18(23)16(21)8-11/h4-5,7-8,10,12,14,23H,2-3,6,9H2,1H3/t10-,14+/m0/s1. The van der Waals surface area contributed by atoms with Gasteiger partial charge in [-0.3, -0.25) is 4.79 Å². The fourth-order valence-corrected chi connectivity index (χ4v) is 3.17. The summed E-state index contributed by atoms with van der Waals surface area (Å²) in [6.07, 6.45) is 2.84. The topological polar surface area (TPSA) is 53.7 Å². The summed E-state index contributed by atoms with van der Waals surface area (Å²) in [5, 5.41) is 9.20. The molecule has 2 atom stereocenters. The number of hydrogen-bond acceptors (Lipinski definition) is 3. The molecule has 2 aromatic rings. The van der Waals surface area contributed by atoms with Gasteiger partial charge in [-0.05, 0) is 49.4 Å². The highest BCUT2D eigenvalue weighted by molar-refractivity contribution is 5.94. The summed E-state index contributed by atoms with van der Waals surface area (Å²) < 4.78 is 33.0. The summed E-state index contributed by atoms with van der Waals surface area (Å²) in [6, 6.07) is 5.60. The van der Waals surface area contributed by atoms with Crippen molar-refractivity contribution < 1.29 is 23.1 Å². The Kier molecular flexibility index (Phi) is 3.78. The van der Waals surface area contributed by atoms with E-state index in [1.807, 2.05) is 12.1 Å². The maximum atomic E-state index is 13.6. The molecule has 1 aromatic carbocycles. The molecule has 4 rings (SSSR count). The Morgan fingerprint density at radius 2 is 1.92 bits per heavy atom. The third-order valence-corrected chi connectivity index (χ3v) is 5.00. The number of phenols is 1. The van der Waals surface area contributed by atoms with Gasteiger partial charge in [0.15, 0.2) is 17.4 Å². The van der Waals surface area contributed by atoms with E-state index in [1.165, 1.54) is 0 Å². The Bertz CT molecular complexity index is 805. The number of amides is 1. The number of phenolic OH excluding ortho intramolecular Hbond substituents is 1. The van der Waals surface area contributed by atoms with Crippen molar-refractivity contribution in [1.82, 2.24) is 4.90 Å². The van der Waals surface area contributed by atoms with Crippen LogP contribution in [0.2, 0.25) is 0 Å². The molecule has 4 nitrogen and oxygen atoms in total. The van der Waals surface area contributed by atoms with E-state index in [9.17, 15) is 18.7 Å². The van der Waals surface area contributed by atoms with Crippen LogP contribution in [0, 0.1) is 17.6 Å². The van der Waals surface area contributed by atoms with Crippen LogP contribution >= 0.6 is 0 Å². The normalized spacial score (nSPS) is 22.0. The summed E-state index contributed by atoms with van der Waals surface area (Å²) in [7, 11) is 0. The number of furan rings is 1. The highest BCUT2D eigenvalue weighted by atomic mass is 19.1. The van der Waals surface area contributed by atoms with Crippen molar-refractivity contribution in [1.29, 1.82) is 0 Å². The molecule has 0 aliphatic heterocycles. The molecular formula is C19H19F2NO3. The fraction of sp³-hybridized carbons (Fsp3) is 0.421. The van der Waals surface area contributed by atoms with Crippen molar-refractivity contribution in [2.24, 2.45) is 5.92 Å². The number of hydrogen-bond donors (Lipinski definition) is 1. The number of benzene rings is 1. The monoisotopic (exact) mass is 347 g/mol. The van der Waals surface area contributed by atoms with Gasteiger partial charge < -0.3 is 14.4 Å². The van der Waals surface area contributed by atoms with Crippen LogP contribution in [0.4, 0.5) is 8.78 Å². The van der Waals surface area contributed by atoms with Gasteiger partial charge in [0, 0.05) is 17.5 Å². The molecule has 0 saturated heterocycles. The molecule has 2 fully saturated rings. The first-order chi connectivity index (χ1) is 11.9. The molecule has 6 heteroatoms. The van der Waals surface area contributed by atoms with Gasteiger partial charge in [0.25, 0.3) is 5.91 Å². The van der Waals surface area contributed by atoms with Crippen LogP contribution in [0.5, 0.6) is 5.75 Å². The minimum absolute atomic E-state index is 0.0563. The Balaban J connectivity index is 1.55. The second-order valence-corrected chi connectivity index (χ2v) is 7.08. The van der Waals surface area contributed by atoms with E-state index in [1.54, 1.807) is 4.90 Å².